The first-order chi connectivity index (χ1) is 6.45. The Hall–Kier alpha value is -0.260. The van der Waals surface area contributed by atoms with Crippen LogP contribution < -0.4 is 0 Å². The van der Waals surface area contributed by atoms with Crippen LogP contribution in [0.4, 0.5) is 0 Å². The van der Waals surface area contributed by atoms with E-state index in [1.54, 1.807) is 0 Å². The van der Waals surface area contributed by atoms with Crippen LogP contribution in [0.3, 0.4) is 0 Å². The lowest BCUT2D eigenvalue weighted by Crippen LogP contribution is -2.38. The number of rotatable bonds is 0. The lowest BCUT2D eigenvalue weighted by molar-refractivity contribution is 0.114. The average molecular weight is 192 g/mol. The number of allylic oxidation sites excluding steroid dienone is 2. The van der Waals surface area contributed by atoms with E-state index in [0.29, 0.717) is 10.8 Å². The standard InChI is InChI=1S/C14H24/c1-13(2)10-9-11-7-5-6-8-12(11)14(13,3)4/h5-10H2,1-4H3. The number of hydrogen-bond acceptors (Lipinski definition) is 0. The van der Waals surface area contributed by atoms with Gasteiger partial charge in [0, 0.05) is 0 Å². The molecule has 0 fully saturated rings. The Balaban J connectivity index is 2.40. The van der Waals surface area contributed by atoms with Gasteiger partial charge in [0.15, 0.2) is 0 Å². The molecule has 0 saturated carbocycles. The Morgan fingerprint density at radius 2 is 1.50 bits per heavy atom. The summed E-state index contributed by atoms with van der Waals surface area (Å²) in [6.07, 6.45) is 8.42. The predicted octanol–water partition coefficient (Wildman–Crippen LogP) is 4.70. The number of hydrogen-bond donors (Lipinski definition) is 0. The minimum atomic E-state index is 0.445. The molecule has 0 spiro atoms. The van der Waals surface area contributed by atoms with E-state index in [0.717, 1.165) is 0 Å². The molecule has 0 atom stereocenters. The van der Waals surface area contributed by atoms with Crippen LogP contribution in [0.1, 0.15) is 66.2 Å². The summed E-state index contributed by atoms with van der Waals surface area (Å²) < 4.78 is 0. The maximum atomic E-state index is 2.47. The Labute approximate surface area is 88.8 Å². The second-order valence-corrected chi connectivity index (χ2v) is 6.30. The van der Waals surface area contributed by atoms with E-state index in [4.69, 9.17) is 0 Å². The zero-order chi connectivity index (χ0) is 10.4. The van der Waals surface area contributed by atoms with E-state index in [1.165, 1.54) is 38.5 Å². The van der Waals surface area contributed by atoms with Gasteiger partial charge < -0.3 is 0 Å². The van der Waals surface area contributed by atoms with Crippen molar-refractivity contribution in [3.8, 4) is 0 Å². The fraction of sp³-hybridized carbons (Fsp3) is 0.857. The third kappa shape index (κ3) is 1.34. The molecule has 0 aliphatic heterocycles. The van der Waals surface area contributed by atoms with Gasteiger partial charge >= 0.3 is 0 Å². The van der Waals surface area contributed by atoms with Crippen LogP contribution in [0, 0.1) is 10.8 Å². The highest BCUT2D eigenvalue weighted by Crippen LogP contribution is 2.55. The predicted molar refractivity (Wildman–Crippen MR) is 62.3 cm³/mol. The van der Waals surface area contributed by atoms with Gasteiger partial charge in [-0.2, -0.15) is 0 Å². The van der Waals surface area contributed by atoms with Crippen molar-refractivity contribution in [2.24, 2.45) is 10.8 Å². The molecule has 80 valence electrons. The van der Waals surface area contributed by atoms with Crippen molar-refractivity contribution in [2.45, 2.75) is 66.2 Å². The first-order valence-corrected chi connectivity index (χ1v) is 6.16. The zero-order valence-corrected chi connectivity index (χ0v) is 10.2. The van der Waals surface area contributed by atoms with E-state index in [-0.39, 0.29) is 0 Å². The molecule has 0 N–H and O–H groups in total. The van der Waals surface area contributed by atoms with Crippen molar-refractivity contribution in [1.82, 2.24) is 0 Å². The molecule has 14 heavy (non-hydrogen) atoms. The molecule has 0 unspecified atom stereocenters. The van der Waals surface area contributed by atoms with E-state index >= 15 is 0 Å². The van der Waals surface area contributed by atoms with Gasteiger partial charge in [-0.25, -0.2) is 0 Å². The normalized spacial score (nSPS) is 30.0. The summed E-state index contributed by atoms with van der Waals surface area (Å²) in [6.45, 7) is 9.83. The summed E-state index contributed by atoms with van der Waals surface area (Å²) >= 11 is 0. The molecule has 2 aliphatic carbocycles. The van der Waals surface area contributed by atoms with Gasteiger partial charge in [-0.15, -0.1) is 0 Å². The van der Waals surface area contributed by atoms with Gasteiger partial charge in [0.1, 0.15) is 0 Å². The van der Waals surface area contributed by atoms with E-state index in [2.05, 4.69) is 27.7 Å². The highest BCUT2D eigenvalue weighted by molar-refractivity contribution is 5.28. The highest BCUT2D eigenvalue weighted by Gasteiger charge is 2.43. The SMILES string of the molecule is CC1(C)CCC2=C(CCCC2)C1(C)C. The Morgan fingerprint density at radius 3 is 2.21 bits per heavy atom. The summed E-state index contributed by atoms with van der Waals surface area (Å²) in [5, 5.41) is 0. The van der Waals surface area contributed by atoms with Crippen LogP contribution in [0.5, 0.6) is 0 Å². The lowest BCUT2D eigenvalue weighted by Gasteiger charge is -2.50. The average Bonchev–Trinajstić information content (AvgIpc) is 2.13. The molecule has 0 nitrogen and oxygen atoms in total. The van der Waals surface area contributed by atoms with Crippen LogP contribution in [0.15, 0.2) is 11.1 Å². The molecule has 0 heterocycles. The van der Waals surface area contributed by atoms with E-state index < -0.39 is 0 Å². The smallest absolute Gasteiger partial charge is 0.00908 e. The van der Waals surface area contributed by atoms with E-state index in [9.17, 15) is 0 Å². The molecular weight excluding hydrogens is 168 g/mol. The van der Waals surface area contributed by atoms with Crippen molar-refractivity contribution in [1.29, 1.82) is 0 Å². The van der Waals surface area contributed by atoms with E-state index in [1.807, 2.05) is 11.1 Å². The van der Waals surface area contributed by atoms with Gasteiger partial charge in [0.25, 0.3) is 0 Å². The van der Waals surface area contributed by atoms with Gasteiger partial charge in [-0.05, 0) is 49.4 Å². The molecule has 0 aromatic heterocycles. The molecule has 2 aliphatic rings. The molecule has 0 amide bonds. The van der Waals surface area contributed by atoms with Crippen molar-refractivity contribution < 1.29 is 0 Å². The molecule has 0 bridgehead atoms. The topological polar surface area (TPSA) is 0 Å². The van der Waals surface area contributed by atoms with Gasteiger partial charge in [-0.3, -0.25) is 0 Å². The van der Waals surface area contributed by atoms with Crippen LogP contribution in [-0.4, -0.2) is 0 Å². The van der Waals surface area contributed by atoms with Crippen molar-refractivity contribution in [2.75, 3.05) is 0 Å². The second kappa shape index (κ2) is 3.12. The summed E-state index contributed by atoms with van der Waals surface area (Å²) in [5.41, 5.74) is 4.59. The minimum absolute atomic E-state index is 0.445. The Morgan fingerprint density at radius 1 is 0.857 bits per heavy atom. The molecule has 0 aromatic rings. The van der Waals surface area contributed by atoms with Gasteiger partial charge in [0.2, 0.25) is 0 Å². The Kier molecular flexibility index (Phi) is 2.28. The monoisotopic (exact) mass is 192 g/mol. The van der Waals surface area contributed by atoms with Crippen molar-refractivity contribution >= 4 is 0 Å². The first-order valence-electron chi connectivity index (χ1n) is 6.16. The summed E-state index contributed by atoms with van der Waals surface area (Å²) in [5.74, 6) is 0. The third-order valence-electron chi connectivity index (χ3n) is 5.08. The minimum Gasteiger partial charge on any atom is -0.0704 e. The molecule has 2 rings (SSSR count). The van der Waals surface area contributed by atoms with Crippen LogP contribution >= 0.6 is 0 Å². The molecular formula is C14H24. The third-order valence-corrected chi connectivity index (χ3v) is 5.08. The molecule has 0 heteroatoms. The lowest BCUT2D eigenvalue weighted by atomic mass is 9.55. The fourth-order valence-electron chi connectivity index (χ4n) is 3.18. The largest absolute Gasteiger partial charge is 0.0704 e. The van der Waals surface area contributed by atoms with Crippen LogP contribution in [-0.2, 0) is 0 Å². The van der Waals surface area contributed by atoms with Crippen LogP contribution in [0.25, 0.3) is 0 Å². The fourth-order valence-corrected chi connectivity index (χ4v) is 3.18. The molecule has 0 radical (unpaired) electrons. The summed E-state index contributed by atoms with van der Waals surface area (Å²) in [4.78, 5) is 0. The summed E-state index contributed by atoms with van der Waals surface area (Å²) in [6, 6.07) is 0. The maximum Gasteiger partial charge on any atom is -0.00908 e. The van der Waals surface area contributed by atoms with Gasteiger partial charge in [-0.1, -0.05) is 38.8 Å². The zero-order valence-electron chi connectivity index (χ0n) is 10.2. The van der Waals surface area contributed by atoms with Crippen LogP contribution in [0.2, 0.25) is 0 Å². The quantitative estimate of drug-likeness (QED) is 0.488. The van der Waals surface area contributed by atoms with Gasteiger partial charge in [0.05, 0.1) is 0 Å². The first kappa shape index (κ1) is 10.3. The Bertz CT molecular complexity index is 266. The molecule has 0 aromatic carbocycles. The van der Waals surface area contributed by atoms with Crippen molar-refractivity contribution in [3.63, 3.8) is 0 Å². The second-order valence-electron chi connectivity index (χ2n) is 6.30. The molecule has 0 saturated heterocycles. The maximum absolute atomic E-state index is 2.47. The van der Waals surface area contributed by atoms with Crippen molar-refractivity contribution in [3.05, 3.63) is 11.1 Å². The highest BCUT2D eigenvalue weighted by atomic mass is 14.5. The summed E-state index contributed by atoms with van der Waals surface area (Å²) in [7, 11) is 0.